The monoisotopic (exact) mass is 248 g/mol. The number of fused-ring (bicyclic) bond motifs is 1. The van der Waals surface area contributed by atoms with E-state index in [4.69, 9.17) is 0 Å². The van der Waals surface area contributed by atoms with Crippen molar-refractivity contribution in [1.82, 2.24) is 0 Å². The van der Waals surface area contributed by atoms with E-state index in [1.807, 2.05) is 6.07 Å². The van der Waals surface area contributed by atoms with Gasteiger partial charge >= 0.3 is 5.97 Å². The van der Waals surface area contributed by atoms with Crippen molar-refractivity contribution in [2.24, 2.45) is 0 Å². The van der Waals surface area contributed by atoms with E-state index in [1.165, 1.54) is 0 Å². The van der Waals surface area contributed by atoms with Gasteiger partial charge in [-0.25, -0.2) is 4.79 Å². The maximum atomic E-state index is 11.3. The first-order chi connectivity index (χ1) is 8.34. The van der Waals surface area contributed by atoms with Crippen LogP contribution in [0.25, 0.3) is 0 Å². The van der Waals surface area contributed by atoms with Crippen molar-refractivity contribution >= 4 is 17.3 Å². The molecule has 0 spiro atoms. The van der Waals surface area contributed by atoms with E-state index in [2.05, 4.69) is 37.9 Å². The first-order valence-corrected chi connectivity index (χ1v) is 6.24. The molecule has 0 aromatic heterocycles. The maximum Gasteiger partial charge on any atom is 0.337 e. The fourth-order valence-corrected chi connectivity index (χ4v) is 2.80. The molecule has 18 heavy (non-hydrogen) atoms. The lowest BCUT2D eigenvalue weighted by atomic mass is 9.94. The number of aromatic carboxylic acids is 1. The number of carboxylic acids is 1. The Morgan fingerprint density at radius 1 is 1.44 bits per heavy atom. The molecule has 0 radical (unpaired) electrons. The lowest BCUT2D eigenvalue weighted by Crippen LogP contribution is -2.55. The molecule has 1 aromatic rings. The fourth-order valence-electron chi connectivity index (χ4n) is 2.80. The number of hydrogen-bond acceptors (Lipinski definition) is 3. The van der Waals surface area contributed by atoms with Crippen LogP contribution in [0.1, 0.15) is 38.1 Å². The second-order valence-electron chi connectivity index (χ2n) is 5.63. The van der Waals surface area contributed by atoms with Crippen LogP contribution in [0, 0.1) is 0 Å². The summed E-state index contributed by atoms with van der Waals surface area (Å²) < 4.78 is 0. The van der Waals surface area contributed by atoms with Crippen LogP contribution in [-0.4, -0.2) is 29.2 Å². The van der Waals surface area contributed by atoms with Crippen LogP contribution in [0.4, 0.5) is 11.4 Å². The van der Waals surface area contributed by atoms with E-state index in [0.717, 1.165) is 17.9 Å². The molecule has 98 valence electrons. The van der Waals surface area contributed by atoms with Crippen LogP contribution < -0.4 is 10.2 Å². The van der Waals surface area contributed by atoms with Gasteiger partial charge in [0, 0.05) is 12.6 Å². The standard InChI is InChI=1S/C14H20N2O2/c1-9(2)16-11-7-5-6-10(13(17)18)12(11)15-8-14(16,3)4/h5-7,9,15H,8H2,1-4H3,(H,17,18). The number of nitrogens with zero attached hydrogens (tertiary/aromatic N) is 1. The summed E-state index contributed by atoms with van der Waals surface area (Å²) in [6.45, 7) is 9.32. The van der Waals surface area contributed by atoms with Gasteiger partial charge < -0.3 is 15.3 Å². The molecular weight excluding hydrogens is 228 g/mol. The van der Waals surface area contributed by atoms with Crippen LogP contribution in [0.3, 0.4) is 0 Å². The average molecular weight is 248 g/mol. The molecular formula is C14H20N2O2. The predicted octanol–water partition coefficient (Wildman–Crippen LogP) is 2.80. The summed E-state index contributed by atoms with van der Waals surface area (Å²) in [6, 6.07) is 5.76. The molecule has 1 heterocycles. The third kappa shape index (κ3) is 1.92. The van der Waals surface area contributed by atoms with Crippen LogP contribution in [0.15, 0.2) is 18.2 Å². The average Bonchev–Trinajstić information content (AvgIpc) is 2.25. The number of nitrogens with one attached hydrogen (secondary N) is 1. The van der Waals surface area contributed by atoms with Crippen molar-refractivity contribution in [3.8, 4) is 0 Å². The zero-order valence-corrected chi connectivity index (χ0v) is 11.3. The number of rotatable bonds is 2. The molecule has 4 heteroatoms. The normalized spacial score (nSPS) is 17.3. The number of para-hydroxylation sites is 1. The summed E-state index contributed by atoms with van der Waals surface area (Å²) in [6.07, 6.45) is 0. The number of carbonyl (C=O) groups is 1. The highest BCUT2D eigenvalue weighted by Gasteiger charge is 2.35. The molecule has 0 aliphatic carbocycles. The summed E-state index contributed by atoms with van der Waals surface area (Å²) >= 11 is 0. The van der Waals surface area contributed by atoms with E-state index in [1.54, 1.807) is 12.1 Å². The molecule has 0 unspecified atom stereocenters. The molecule has 1 aliphatic heterocycles. The first-order valence-electron chi connectivity index (χ1n) is 6.24. The van der Waals surface area contributed by atoms with Crippen molar-refractivity contribution < 1.29 is 9.90 Å². The van der Waals surface area contributed by atoms with Gasteiger partial charge in [-0.05, 0) is 39.8 Å². The van der Waals surface area contributed by atoms with Gasteiger partial charge in [-0.15, -0.1) is 0 Å². The quantitative estimate of drug-likeness (QED) is 0.845. The molecule has 4 nitrogen and oxygen atoms in total. The Morgan fingerprint density at radius 3 is 2.67 bits per heavy atom. The van der Waals surface area contributed by atoms with Crippen LogP contribution in [-0.2, 0) is 0 Å². The zero-order valence-electron chi connectivity index (χ0n) is 11.3. The minimum atomic E-state index is -0.886. The van der Waals surface area contributed by atoms with Crippen molar-refractivity contribution in [3.63, 3.8) is 0 Å². The van der Waals surface area contributed by atoms with E-state index < -0.39 is 5.97 Å². The van der Waals surface area contributed by atoms with Gasteiger partial charge in [0.25, 0.3) is 0 Å². The fraction of sp³-hybridized carbons (Fsp3) is 0.500. The van der Waals surface area contributed by atoms with Crippen LogP contribution >= 0.6 is 0 Å². The number of hydrogen-bond donors (Lipinski definition) is 2. The third-order valence-electron chi connectivity index (χ3n) is 3.40. The second-order valence-corrected chi connectivity index (χ2v) is 5.63. The topological polar surface area (TPSA) is 52.6 Å². The van der Waals surface area contributed by atoms with Crippen molar-refractivity contribution in [2.45, 2.75) is 39.3 Å². The van der Waals surface area contributed by atoms with Gasteiger partial charge in [0.15, 0.2) is 0 Å². The molecule has 2 rings (SSSR count). The van der Waals surface area contributed by atoms with Gasteiger partial charge in [-0.2, -0.15) is 0 Å². The summed E-state index contributed by atoms with van der Waals surface area (Å²) in [7, 11) is 0. The van der Waals surface area contributed by atoms with E-state index in [0.29, 0.717) is 11.6 Å². The summed E-state index contributed by atoms with van der Waals surface area (Å²) in [5.74, 6) is -0.886. The first kappa shape index (κ1) is 12.7. The molecule has 0 saturated heterocycles. The van der Waals surface area contributed by atoms with E-state index in [-0.39, 0.29) is 5.54 Å². The molecule has 0 saturated carbocycles. The summed E-state index contributed by atoms with van der Waals surface area (Å²) in [4.78, 5) is 13.5. The SMILES string of the molecule is CC(C)N1c2cccc(C(=O)O)c2NCC1(C)C. The number of carboxylic acid groups (broad SMARTS) is 1. The second kappa shape index (κ2) is 4.19. The number of benzene rings is 1. The third-order valence-corrected chi connectivity index (χ3v) is 3.40. The van der Waals surface area contributed by atoms with Gasteiger partial charge in [0.05, 0.1) is 22.5 Å². The van der Waals surface area contributed by atoms with Gasteiger partial charge in [-0.3, -0.25) is 0 Å². The zero-order chi connectivity index (χ0) is 13.5. The minimum absolute atomic E-state index is 0.0295. The number of anilines is 2. The van der Waals surface area contributed by atoms with Crippen LogP contribution in [0.5, 0.6) is 0 Å². The Morgan fingerprint density at radius 2 is 2.11 bits per heavy atom. The Bertz CT molecular complexity index is 481. The van der Waals surface area contributed by atoms with Gasteiger partial charge in [0.1, 0.15) is 0 Å². The molecule has 2 N–H and O–H groups in total. The van der Waals surface area contributed by atoms with Crippen molar-refractivity contribution in [1.29, 1.82) is 0 Å². The smallest absolute Gasteiger partial charge is 0.337 e. The summed E-state index contributed by atoms with van der Waals surface area (Å²) in [5.41, 5.74) is 2.02. The molecule has 0 fully saturated rings. The largest absolute Gasteiger partial charge is 0.478 e. The Hall–Kier alpha value is -1.71. The van der Waals surface area contributed by atoms with Crippen molar-refractivity contribution in [3.05, 3.63) is 23.8 Å². The Balaban J connectivity index is 2.59. The van der Waals surface area contributed by atoms with E-state index >= 15 is 0 Å². The molecule has 0 amide bonds. The van der Waals surface area contributed by atoms with Gasteiger partial charge in [0.2, 0.25) is 0 Å². The Labute approximate surface area is 108 Å². The molecule has 0 bridgehead atoms. The highest BCUT2D eigenvalue weighted by molar-refractivity contribution is 5.99. The lowest BCUT2D eigenvalue weighted by Gasteiger charge is -2.48. The lowest BCUT2D eigenvalue weighted by molar-refractivity contribution is 0.0697. The van der Waals surface area contributed by atoms with Crippen LogP contribution in [0.2, 0.25) is 0 Å². The maximum absolute atomic E-state index is 11.3. The Kier molecular flexibility index (Phi) is 2.97. The molecule has 1 aliphatic rings. The predicted molar refractivity (Wildman–Crippen MR) is 73.6 cm³/mol. The van der Waals surface area contributed by atoms with E-state index in [9.17, 15) is 9.90 Å². The van der Waals surface area contributed by atoms with Crippen molar-refractivity contribution in [2.75, 3.05) is 16.8 Å². The molecule has 0 atom stereocenters. The van der Waals surface area contributed by atoms with Gasteiger partial charge in [-0.1, -0.05) is 6.07 Å². The summed E-state index contributed by atoms with van der Waals surface area (Å²) in [5, 5.41) is 12.5. The highest BCUT2D eigenvalue weighted by Crippen LogP contribution is 2.39. The minimum Gasteiger partial charge on any atom is -0.478 e. The molecule has 1 aromatic carbocycles. The highest BCUT2D eigenvalue weighted by atomic mass is 16.4.